The number of ether oxygens (including phenoxy) is 2. The third-order valence-electron chi connectivity index (χ3n) is 5.25. The van der Waals surface area contributed by atoms with Crippen LogP contribution in [0.15, 0.2) is 48.5 Å². The van der Waals surface area contributed by atoms with Crippen molar-refractivity contribution in [3.63, 3.8) is 0 Å². The molecule has 29 heavy (non-hydrogen) atoms. The third kappa shape index (κ3) is 3.83. The minimum Gasteiger partial charge on any atom is -0.493 e. The predicted molar refractivity (Wildman–Crippen MR) is 111 cm³/mol. The van der Waals surface area contributed by atoms with Gasteiger partial charge >= 0.3 is 0 Å². The largest absolute Gasteiger partial charge is 0.493 e. The van der Waals surface area contributed by atoms with Gasteiger partial charge in [0.25, 0.3) is 5.91 Å². The monoisotopic (exact) mass is 391 g/mol. The van der Waals surface area contributed by atoms with Crippen molar-refractivity contribution < 1.29 is 14.3 Å². The summed E-state index contributed by atoms with van der Waals surface area (Å²) < 4.78 is 12.7. The minimum absolute atomic E-state index is 0.0658. The molecule has 0 aliphatic carbocycles. The Morgan fingerprint density at radius 3 is 2.59 bits per heavy atom. The van der Waals surface area contributed by atoms with E-state index in [9.17, 15) is 4.79 Å². The molecule has 3 aromatic rings. The highest BCUT2D eigenvalue weighted by atomic mass is 16.5. The number of nitrogens with zero attached hydrogens (tertiary/aromatic N) is 3. The van der Waals surface area contributed by atoms with Crippen molar-refractivity contribution in [1.29, 1.82) is 0 Å². The highest BCUT2D eigenvalue weighted by Gasteiger charge is 2.22. The summed E-state index contributed by atoms with van der Waals surface area (Å²) in [6, 6.07) is 15.6. The van der Waals surface area contributed by atoms with Crippen LogP contribution in [0.1, 0.15) is 28.0 Å². The number of aromatic nitrogens is 2. The highest BCUT2D eigenvalue weighted by Crippen LogP contribution is 2.32. The lowest BCUT2D eigenvalue weighted by Crippen LogP contribution is -2.30. The molecule has 4 rings (SSSR count). The maximum absolute atomic E-state index is 13.0. The van der Waals surface area contributed by atoms with E-state index in [1.807, 2.05) is 59.0 Å². The molecule has 1 aliphatic rings. The number of aryl methyl sites for hydroxylation is 2. The van der Waals surface area contributed by atoms with Gasteiger partial charge in [-0.2, -0.15) is 5.10 Å². The van der Waals surface area contributed by atoms with E-state index in [2.05, 4.69) is 6.07 Å². The first-order valence-corrected chi connectivity index (χ1v) is 9.74. The summed E-state index contributed by atoms with van der Waals surface area (Å²) in [4.78, 5) is 14.9. The molecule has 0 fully saturated rings. The molecule has 0 saturated carbocycles. The van der Waals surface area contributed by atoms with E-state index >= 15 is 0 Å². The quantitative estimate of drug-likeness (QED) is 0.676. The summed E-state index contributed by atoms with van der Waals surface area (Å²) in [7, 11) is 3.24. The van der Waals surface area contributed by atoms with Gasteiger partial charge in [0.1, 0.15) is 0 Å². The van der Waals surface area contributed by atoms with E-state index in [0.717, 1.165) is 47.6 Å². The summed E-state index contributed by atoms with van der Waals surface area (Å²) in [5, 5.41) is 4.77. The van der Waals surface area contributed by atoms with Crippen LogP contribution in [0.5, 0.6) is 11.5 Å². The van der Waals surface area contributed by atoms with Crippen LogP contribution in [0.25, 0.3) is 11.3 Å². The molecule has 150 valence electrons. The average molecular weight is 391 g/mol. The minimum atomic E-state index is 0.0658. The Labute approximate surface area is 170 Å². The van der Waals surface area contributed by atoms with Crippen LogP contribution >= 0.6 is 0 Å². The first-order chi connectivity index (χ1) is 14.1. The zero-order valence-corrected chi connectivity index (χ0v) is 17.0. The number of hydrogen-bond donors (Lipinski definition) is 0. The molecule has 0 unspecified atom stereocenters. The van der Waals surface area contributed by atoms with Gasteiger partial charge in [-0.25, -0.2) is 0 Å². The molecule has 1 amide bonds. The number of amides is 1. The molecular weight excluding hydrogens is 366 g/mol. The van der Waals surface area contributed by atoms with Gasteiger partial charge in [0.2, 0.25) is 0 Å². The molecule has 0 atom stereocenters. The molecular formula is C23H25N3O3. The molecule has 0 spiro atoms. The van der Waals surface area contributed by atoms with Crippen molar-refractivity contribution in [3.8, 4) is 22.8 Å². The SMILES string of the molecule is COc1ccc(-c2cc3n(n2)CCCN(C(=O)c2cccc(C)c2)C3)cc1OC. The van der Waals surface area contributed by atoms with Crippen molar-refractivity contribution in [2.24, 2.45) is 0 Å². The normalized spacial score (nSPS) is 13.6. The summed E-state index contributed by atoms with van der Waals surface area (Å²) >= 11 is 0. The lowest BCUT2D eigenvalue weighted by molar-refractivity contribution is 0.0745. The first-order valence-electron chi connectivity index (χ1n) is 9.74. The van der Waals surface area contributed by atoms with Crippen molar-refractivity contribution in [3.05, 3.63) is 65.4 Å². The Morgan fingerprint density at radius 1 is 1.00 bits per heavy atom. The highest BCUT2D eigenvalue weighted by molar-refractivity contribution is 5.94. The van der Waals surface area contributed by atoms with Crippen LogP contribution in [0.4, 0.5) is 0 Å². The number of carbonyl (C=O) groups excluding carboxylic acids is 1. The summed E-state index contributed by atoms with van der Waals surface area (Å²) in [5.41, 5.74) is 4.68. The third-order valence-corrected chi connectivity index (χ3v) is 5.25. The van der Waals surface area contributed by atoms with Crippen LogP contribution in [-0.2, 0) is 13.1 Å². The average Bonchev–Trinajstić information content (AvgIpc) is 3.04. The topological polar surface area (TPSA) is 56.6 Å². The van der Waals surface area contributed by atoms with Crippen LogP contribution < -0.4 is 9.47 Å². The van der Waals surface area contributed by atoms with Gasteiger partial charge in [-0.1, -0.05) is 17.7 Å². The molecule has 2 aromatic carbocycles. The maximum atomic E-state index is 13.0. The fourth-order valence-electron chi connectivity index (χ4n) is 3.73. The second kappa shape index (κ2) is 7.99. The number of methoxy groups -OCH3 is 2. The van der Waals surface area contributed by atoms with Crippen LogP contribution in [-0.4, -0.2) is 41.4 Å². The van der Waals surface area contributed by atoms with Gasteiger partial charge in [0, 0.05) is 24.2 Å². The Balaban J connectivity index is 1.61. The summed E-state index contributed by atoms with van der Waals surface area (Å²) in [5.74, 6) is 1.42. The standard InChI is InChI=1S/C23H25N3O3/c1-16-6-4-7-18(12-16)23(27)25-10-5-11-26-19(15-25)14-20(24-26)17-8-9-21(28-2)22(13-17)29-3/h4,6-9,12-14H,5,10-11,15H2,1-3H3. The van der Waals surface area contributed by atoms with Gasteiger partial charge in [0.15, 0.2) is 11.5 Å². The number of rotatable bonds is 4. The van der Waals surface area contributed by atoms with Crippen molar-refractivity contribution >= 4 is 5.91 Å². The maximum Gasteiger partial charge on any atom is 0.254 e. The van der Waals surface area contributed by atoms with Gasteiger partial charge in [-0.15, -0.1) is 0 Å². The van der Waals surface area contributed by atoms with E-state index in [4.69, 9.17) is 14.6 Å². The predicted octanol–water partition coefficient (Wildman–Crippen LogP) is 3.92. The Morgan fingerprint density at radius 2 is 1.83 bits per heavy atom. The second-order valence-electron chi connectivity index (χ2n) is 7.26. The van der Waals surface area contributed by atoms with Crippen molar-refractivity contribution in [1.82, 2.24) is 14.7 Å². The molecule has 2 heterocycles. The molecule has 6 nitrogen and oxygen atoms in total. The summed E-state index contributed by atoms with van der Waals surface area (Å²) in [6.07, 6.45) is 0.873. The zero-order valence-electron chi connectivity index (χ0n) is 17.0. The molecule has 1 aliphatic heterocycles. The number of carbonyl (C=O) groups is 1. The molecule has 0 saturated heterocycles. The number of benzene rings is 2. The summed E-state index contributed by atoms with van der Waals surface area (Å²) in [6.45, 7) is 4.07. The van der Waals surface area contributed by atoms with Crippen molar-refractivity contribution in [2.45, 2.75) is 26.4 Å². The van der Waals surface area contributed by atoms with Gasteiger partial charge in [-0.3, -0.25) is 9.48 Å². The fraction of sp³-hybridized carbons (Fsp3) is 0.304. The molecule has 0 radical (unpaired) electrons. The number of hydrogen-bond acceptors (Lipinski definition) is 4. The molecule has 0 bridgehead atoms. The van der Waals surface area contributed by atoms with E-state index in [1.54, 1.807) is 14.2 Å². The Bertz CT molecular complexity index is 1040. The van der Waals surface area contributed by atoms with Crippen LogP contribution in [0, 0.1) is 6.92 Å². The van der Waals surface area contributed by atoms with Crippen molar-refractivity contribution in [2.75, 3.05) is 20.8 Å². The smallest absolute Gasteiger partial charge is 0.254 e. The lowest BCUT2D eigenvalue weighted by Gasteiger charge is -2.20. The lowest BCUT2D eigenvalue weighted by atomic mass is 10.1. The zero-order chi connectivity index (χ0) is 20.4. The van der Waals surface area contributed by atoms with Gasteiger partial charge in [0.05, 0.1) is 32.2 Å². The van der Waals surface area contributed by atoms with Gasteiger partial charge < -0.3 is 14.4 Å². The van der Waals surface area contributed by atoms with E-state index in [1.165, 1.54) is 0 Å². The van der Waals surface area contributed by atoms with Crippen LogP contribution in [0.2, 0.25) is 0 Å². The van der Waals surface area contributed by atoms with E-state index < -0.39 is 0 Å². The van der Waals surface area contributed by atoms with Gasteiger partial charge in [-0.05, 0) is 49.7 Å². The van der Waals surface area contributed by atoms with E-state index in [-0.39, 0.29) is 5.91 Å². The fourth-order valence-corrected chi connectivity index (χ4v) is 3.73. The second-order valence-corrected chi connectivity index (χ2v) is 7.26. The first kappa shape index (κ1) is 19.1. The molecule has 0 N–H and O–H groups in total. The molecule has 6 heteroatoms. The van der Waals surface area contributed by atoms with Crippen LogP contribution in [0.3, 0.4) is 0 Å². The molecule has 1 aromatic heterocycles. The number of fused-ring (bicyclic) bond motifs is 1. The van der Waals surface area contributed by atoms with E-state index in [0.29, 0.717) is 18.0 Å². The Kier molecular flexibility index (Phi) is 5.25. The Hall–Kier alpha value is -3.28.